The highest BCUT2D eigenvalue weighted by Crippen LogP contribution is 2.15. The van der Waals surface area contributed by atoms with Gasteiger partial charge in [0, 0.05) is 24.5 Å². The normalized spacial score (nSPS) is 12.2. The van der Waals surface area contributed by atoms with Crippen molar-refractivity contribution in [3.63, 3.8) is 0 Å². The van der Waals surface area contributed by atoms with E-state index in [4.69, 9.17) is 5.11 Å². The van der Waals surface area contributed by atoms with E-state index in [1.165, 1.54) is 11.3 Å². The molecule has 0 aliphatic heterocycles. The number of carboxylic acids is 1. The molecule has 0 spiro atoms. The van der Waals surface area contributed by atoms with Crippen molar-refractivity contribution in [1.29, 1.82) is 0 Å². The molecule has 3 N–H and O–H groups in total. The molecule has 0 bridgehead atoms. The summed E-state index contributed by atoms with van der Waals surface area (Å²) < 4.78 is 0. The van der Waals surface area contributed by atoms with Crippen molar-refractivity contribution in [2.75, 3.05) is 11.9 Å². The Bertz CT molecular complexity index is 406. The summed E-state index contributed by atoms with van der Waals surface area (Å²) >= 11 is 1.33. The zero-order chi connectivity index (χ0) is 14.3. The Morgan fingerprint density at radius 1 is 1.47 bits per heavy atom. The van der Waals surface area contributed by atoms with Crippen LogP contribution in [-0.2, 0) is 4.79 Å². The molecule has 0 fully saturated rings. The number of aliphatic carboxylic acids is 1. The van der Waals surface area contributed by atoms with Crippen LogP contribution >= 0.6 is 11.3 Å². The van der Waals surface area contributed by atoms with E-state index in [0.29, 0.717) is 17.6 Å². The maximum absolute atomic E-state index is 11.6. The lowest BCUT2D eigenvalue weighted by Crippen LogP contribution is -2.34. The van der Waals surface area contributed by atoms with E-state index in [-0.39, 0.29) is 18.4 Å². The van der Waals surface area contributed by atoms with Crippen LogP contribution in [0, 0.1) is 11.8 Å². The van der Waals surface area contributed by atoms with Crippen LogP contribution in [0.1, 0.15) is 26.7 Å². The van der Waals surface area contributed by atoms with Crippen LogP contribution in [0.15, 0.2) is 11.6 Å². The second-order valence-corrected chi connectivity index (χ2v) is 5.66. The molecule has 0 radical (unpaired) electrons. The lowest BCUT2D eigenvalue weighted by Gasteiger charge is -2.17. The second kappa shape index (κ2) is 7.73. The summed E-state index contributed by atoms with van der Waals surface area (Å²) in [6.45, 7) is 4.41. The maximum atomic E-state index is 11.6. The first-order valence-electron chi connectivity index (χ1n) is 6.13. The smallest absolute Gasteiger partial charge is 0.321 e. The van der Waals surface area contributed by atoms with E-state index in [2.05, 4.69) is 15.6 Å². The molecule has 1 aromatic heterocycles. The Kier molecular flexibility index (Phi) is 6.27. The lowest BCUT2D eigenvalue weighted by atomic mass is 9.94. The molecule has 1 heterocycles. The predicted octanol–water partition coefficient (Wildman–Crippen LogP) is 2.40. The third kappa shape index (κ3) is 6.76. The summed E-state index contributed by atoms with van der Waals surface area (Å²) in [5.41, 5.74) is 0. The van der Waals surface area contributed by atoms with E-state index < -0.39 is 5.97 Å². The maximum Gasteiger partial charge on any atom is 0.321 e. The third-order valence-electron chi connectivity index (χ3n) is 2.47. The fourth-order valence-electron chi connectivity index (χ4n) is 1.82. The SMILES string of the molecule is CC(C)CC(CNC(=O)Nc1nccs1)CC(=O)O. The van der Waals surface area contributed by atoms with Gasteiger partial charge in [0.15, 0.2) is 5.13 Å². The minimum absolute atomic E-state index is 0.0560. The molecule has 19 heavy (non-hydrogen) atoms. The summed E-state index contributed by atoms with van der Waals surface area (Å²) in [7, 11) is 0. The first kappa shape index (κ1) is 15.4. The topological polar surface area (TPSA) is 91.3 Å². The van der Waals surface area contributed by atoms with E-state index >= 15 is 0 Å². The van der Waals surface area contributed by atoms with Crippen molar-refractivity contribution < 1.29 is 14.7 Å². The average molecular weight is 285 g/mol. The molecule has 1 rings (SSSR count). The van der Waals surface area contributed by atoms with Crippen molar-refractivity contribution >= 4 is 28.5 Å². The molecule has 106 valence electrons. The Morgan fingerprint density at radius 3 is 2.74 bits per heavy atom. The molecule has 1 unspecified atom stereocenters. The number of rotatable bonds is 7. The summed E-state index contributed by atoms with van der Waals surface area (Å²) in [5.74, 6) is -0.500. The molecular weight excluding hydrogens is 266 g/mol. The zero-order valence-corrected chi connectivity index (χ0v) is 11.9. The molecule has 7 heteroatoms. The minimum Gasteiger partial charge on any atom is -0.481 e. The highest BCUT2D eigenvalue weighted by molar-refractivity contribution is 7.13. The number of carbonyl (C=O) groups excluding carboxylic acids is 1. The van der Waals surface area contributed by atoms with Gasteiger partial charge in [-0.05, 0) is 18.3 Å². The van der Waals surface area contributed by atoms with Crippen LogP contribution in [0.2, 0.25) is 0 Å². The van der Waals surface area contributed by atoms with E-state index in [1.54, 1.807) is 11.6 Å². The number of hydrogen-bond donors (Lipinski definition) is 3. The number of thiazole rings is 1. The number of carboxylic acid groups (broad SMARTS) is 1. The Balaban J connectivity index is 2.37. The van der Waals surface area contributed by atoms with Crippen LogP contribution in [0.25, 0.3) is 0 Å². The van der Waals surface area contributed by atoms with Crippen LogP contribution in [0.4, 0.5) is 9.93 Å². The fourth-order valence-corrected chi connectivity index (χ4v) is 2.34. The van der Waals surface area contributed by atoms with E-state index in [0.717, 1.165) is 6.42 Å². The summed E-state index contributed by atoms with van der Waals surface area (Å²) in [6.07, 6.45) is 2.44. The Hall–Kier alpha value is -1.63. The van der Waals surface area contributed by atoms with Crippen LogP contribution in [0.3, 0.4) is 0 Å². The number of carbonyl (C=O) groups is 2. The zero-order valence-electron chi connectivity index (χ0n) is 11.0. The molecule has 0 aliphatic carbocycles. The molecule has 1 atom stereocenters. The van der Waals surface area contributed by atoms with Gasteiger partial charge in [0.25, 0.3) is 0 Å². The predicted molar refractivity (Wildman–Crippen MR) is 74.3 cm³/mol. The van der Waals surface area contributed by atoms with Gasteiger partial charge in [0.05, 0.1) is 0 Å². The highest BCUT2D eigenvalue weighted by Gasteiger charge is 2.16. The van der Waals surface area contributed by atoms with Crippen molar-refractivity contribution in [3.05, 3.63) is 11.6 Å². The number of hydrogen-bond acceptors (Lipinski definition) is 4. The molecule has 0 saturated carbocycles. The molecular formula is C12H19N3O3S. The Morgan fingerprint density at radius 2 is 2.21 bits per heavy atom. The number of nitrogens with one attached hydrogen (secondary N) is 2. The number of urea groups is 1. The van der Waals surface area contributed by atoms with Gasteiger partial charge in [-0.3, -0.25) is 10.1 Å². The third-order valence-corrected chi connectivity index (χ3v) is 3.16. The van der Waals surface area contributed by atoms with Gasteiger partial charge in [0.1, 0.15) is 0 Å². The van der Waals surface area contributed by atoms with Crippen molar-refractivity contribution in [3.8, 4) is 0 Å². The van der Waals surface area contributed by atoms with Gasteiger partial charge in [-0.2, -0.15) is 0 Å². The summed E-state index contributed by atoms with van der Waals surface area (Å²) in [5, 5.41) is 16.4. The second-order valence-electron chi connectivity index (χ2n) is 4.77. The molecule has 0 aliphatic rings. The summed E-state index contributed by atoms with van der Waals surface area (Å²) in [6, 6.07) is -0.353. The van der Waals surface area contributed by atoms with Gasteiger partial charge >= 0.3 is 12.0 Å². The number of anilines is 1. The number of nitrogens with zero attached hydrogens (tertiary/aromatic N) is 1. The van der Waals surface area contributed by atoms with Gasteiger partial charge in [-0.25, -0.2) is 9.78 Å². The van der Waals surface area contributed by atoms with E-state index in [1.807, 2.05) is 13.8 Å². The van der Waals surface area contributed by atoms with E-state index in [9.17, 15) is 9.59 Å². The molecule has 6 nitrogen and oxygen atoms in total. The van der Waals surface area contributed by atoms with Gasteiger partial charge in [0.2, 0.25) is 0 Å². The highest BCUT2D eigenvalue weighted by atomic mass is 32.1. The average Bonchev–Trinajstić information content (AvgIpc) is 2.77. The van der Waals surface area contributed by atoms with Crippen molar-refractivity contribution in [2.45, 2.75) is 26.7 Å². The standard InChI is InChI=1S/C12H19N3O3S/c1-8(2)5-9(6-10(16)17)7-14-11(18)15-12-13-3-4-19-12/h3-4,8-9H,5-7H2,1-2H3,(H,16,17)(H2,13,14,15,18). The quantitative estimate of drug-likeness (QED) is 0.717. The summed E-state index contributed by atoms with van der Waals surface area (Å²) in [4.78, 5) is 26.3. The largest absolute Gasteiger partial charge is 0.481 e. The molecule has 0 aromatic carbocycles. The van der Waals surface area contributed by atoms with Crippen LogP contribution in [-0.4, -0.2) is 28.6 Å². The first-order chi connectivity index (χ1) is 8.97. The van der Waals surface area contributed by atoms with Crippen molar-refractivity contribution in [1.82, 2.24) is 10.3 Å². The van der Waals surface area contributed by atoms with Gasteiger partial charge in [-0.1, -0.05) is 13.8 Å². The van der Waals surface area contributed by atoms with Crippen molar-refractivity contribution in [2.24, 2.45) is 11.8 Å². The molecule has 2 amide bonds. The van der Waals surface area contributed by atoms with Crippen LogP contribution in [0.5, 0.6) is 0 Å². The van der Waals surface area contributed by atoms with Gasteiger partial charge in [-0.15, -0.1) is 11.3 Å². The Labute approximate surface area is 116 Å². The molecule has 0 saturated heterocycles. The number of amides is 2. The van der Waals surface area contributed by atoms with Crippen LogP contribution < -0.4 is 10.6 Å². The monoisotopic (exact) mass is 285 g/mol. The molecule has 1 aromatic rings. The first-order valence-corrected chi connectivity index (χ1v) is 7.01. The lowest BCUT2D eigenvalue weighted by molar-refractivity contribution is -0.138. The fraction of sp³-hybridized carbons (Fsp3) is 0.583. The minimum atomic E-state index is -0.840. The number of aromatic nitrogens is 1. The van der Waals surface area contributed by atoms with Gasteiger partial charge < -0.3 is 10.4 Å².